The summed E-state index contributed by atoms with van der Waals surface area (Å²) < 4.78 is 41.9. The molecule has 33 heavy (non-hydrogen) atoms. The highest BCUT2D eigenvalue weighted by atomic mass is 32.2. The van der Waals surface area contributed by atoms with Crippen LogP contribution in [0.1, 0.15) is 16.0 Å². The van der Waals surface area contributed by atoms with Crippen molar-refractivity contribution >= 4 is 44.9 Å². The van der Waals surface area contributed by atoms with Crippen LogP contribution < -0.4 is 10.9 Å². The van der Waals surface area contributed by atoms with Gasteiger partial charge in [0.25, 0.3) is 5.56 Å². The van der Waals surface area contributed by atoms with E-state index >= 15 is 0 Å². The van der Waals surface area contributed by atoms with Gasteiger partial charge in [-0.05, 0) is 37.1 Å². The number of carbonyl (C=O) groups is 1. The summed E-state index contributed by atoms with van der Waals surface area (Å²) in [5.41, 5.74) is 1.09. The van der Waals surface area contributed by atoms with Gasteiger partial charge in [0, 0.05) is 4.88 Å². The Morgan fingerprint density at radius 1 is 1.09 bits per heavy atom. The maximum absolute atomic E-state index is 13.9. The molecule has 2 aromatic carbocycles. The molecule has 1 amide bonds. The van der Waals surface area contributed by atoms with Crippen LogP contribution in [-0.4, -0.2) is 21.2 Å². The van der Waals surface area contributed by atoms with Gasteiger partial charge in [0.2, 0.25) is 5.91 Å². The van der Waals surface area contributed by atoms with Crippen molar-refractivity contribution < 1.29 is 18.0 Å². The van der Waals surface area contributed by atoms with E-state index < -0.39 is 29.0 Å². The molecule has 0 saturated carbocycles. The fraction of sp³-hybridized carbons (Fsp3) is 0.174. The van der Waals surface area contributed by atoms with Crippen LogP contribution in [0.5, 0.6) is 0 Å². The molecule has 1 N–H and O–H groups in total. The minimum absolute atomic E-state index is 0.208. The number of hydrogen-bond donors (Lipinski definition) is 1. The lowest BCUT2D eigenvalue weighted by atomic mass is 10.2. The smallest absolute Gasteiger partial charge is 0.263 e. The first-order chi connectivity index (χ1) is 15.8. The molecule has 2 heterocycles. The van der Waals surface area contributed by atoms with E-state index in [1.807, 2.05) is 44.2 Å². The summed E-state index contributed by atoms with van der Waals surface area (Å²) in [6.45, 7) is 4.05. The maximum atomic E-state index is 13.9. The number of halogens is 3. The van der Waals surface area contributed by atoms with Crippen molar-refractivity contribution in [2.45, 2.75) is 25.5 Å². The molecule has 0 aliphatic carbocycles. The summed E-state index contributed by atoms with van der Waals surface area (Å²) >= 11 is 2.41. The van der Waals surface area contributed by atoms with Gasteiger partial charge >= 0.3 is 0 Å². The van der Waals surface area contributed by atoms with Gasteiger partial charge < -0.3 is 5.32 Å². The zero-order valence-electron chi connectivity index (χ0n) is 17.6. The van der Waals surface area contributed by atoms with E-state index in [0.717, 1.165) is 39.9 Å². The van der Waals surface area contributed by atoms with Crippen LogP contribution in [0.15, 0.2) is 52.4 Å². The van der Waals surface area contributed by atoms with Gasteiger partial charge in [0.1, 0.15) is 4.83 Å². The number of fused-ring (bicyclic) bond motifs is 1. The van der Waals surface area contributed by atoms with Crippen molar-refractivity contribution in [1.82, 2.24) is 9.55 Å². The zero-order valence-corrected chi connectivity index (χ0v) is 19.2. The minimum Gasteiger partial charge on any atom is -0.323 e. The fourth-order valence-electron chi connectivity index (χ4n) is 3.26. The number of carbonyl (C=O) groups excluding carboxylic acids is 1. The highest BCUT2D eigenvalue weighted by molar-refractivity contribution is 7.99. The van der Waals surface area contributed by atoms with Crippen molar-refractivity contribution in [3.8, 4) is 0 Å². The quantitative estimate of drug-likeness (QED) is 0.228. The van der Waals surface area contributed by atoms with Gasteiger partial charge in [-0.1, -0.05) is 42.1 Å². The highest BCUT2D eigenvalue weighted by Gasteiger charge is 2.19. The second-order valence-electron chi connectivity index (χ2n) is 7.29. The third kappa shape index (κ3) is 4.67. The second kappa shape index (κ2) is 9.40. The Labute approximate surface area is 195 Å². The van der Waals surface area contributed by atoms with Crippen LogP contribution in [0.2, 0.25) is 0 Å². The fourth-order valence-corrected chi connectivity index (χ4v) is 5.13. The average molecular weight is 490 g/mol. The lowest BCUT2D eigenvalue weighted by molar-refractivity contribution is -0.113. The molecule has 5 nitrogen and oxygen atoms in total. The van der Waals surface area contributed by atoms with Crippen LogP contribution in [0.3, 0.4) is 0 Å². The summed E-state index contributed by atoms with van der Waals surface area (Å²) in [6, 6.07) is 11.0. The molecular formula is C23H18F3N3O2S2. The summed E-state index contributed by atoms with van der Waals surface area (Å²) in [4.78, 5) is 31.9. The molecule has 0 radical (unpaired) electrons. The Morgan fingerprint density at radius 3 is 2.55 bits per heavy atom. The van der Waals surface area contributed by atoms with Crippen LogP contribution in [0, 0.1) is 31.3 Å². The number of anilines is 1. The van der Waals surface area contributed by atoms with Crippen LogP contribution in [-0.2, 0) is 11.3 Å². The summed E-state index contributed by atoms with van der Waals surface area (Å²) in [7, 11) is 0. The molecule has 0 spiro atoms. The molecule has 0 saturated heterocycles. The largest absolute Gasteiger partial charge is 0.323 e. The number of hydrogen-bond acceptors (Lipinski definition) is 5. The van der Waals surface area contributed by atoms with E-state index in [1.165, 1.54) is 15.9 Å². The van der Waals surface area contributed by atoms with Crippen molar-refractivity contribution in [2.24, 2.45) is 0 Å². The lowest BCUT2D eigenvalue weighted by Crippen LogP contribution is -2.25. The number of benzene rings is 2. The summed E-state index contributed by atoms with van der Waals surface area (Å²) in [6.07, 6.45) is 0. The van der Waals surface area contributed by atoms with E-state index in [-0.39, 0.29) is 17.9 Å². The monoisotopic (exact) mass is 489 g/mol. The Morgan fingerprint density at radius 2 is 1.82 bits per heavy atom. The number of thioether (sulfide) groups is 1. The highest BCUT2D eigenvalue weighted by Crippen LogP contribution is 2.29. The summed E-state index contributed by atoms with van der Waals surface area (Å²) in [5, 5.41) is 3.11. The SMILES string of the molecule is Cc1sc2nc(SCC(=O)Nc3ccc(F)c(F)c3F)n(Cc3ccccc3)c(=O)c2c1C. The molecule has 4 rings (SSSR count). The number of nitrogens with zero attached hydrogens (tertiary/aromatic N) is 2. The van der Waals surface area contributed by atoms with E-state index in [9.17, 15) is 22.8 Å². The molecule has 2 aromatic heterocycles. The van der Waals surface area contributed by atoms with E-state index in [0.29, 0.717) is 15.4 Å². The normalized spacial score (nSPS) is 11.2. The number of thiophene rings is 1. The Hall–Kier alpha value is -3.11. The van der Waals surface area contributed by atoms with Crippen molar-refractivity contribution in [1.29, 1.82) is 0 Å². The topological polar surface area (TPSA) is 64.0 Å². The van der Waals surface area contributed by atoms with Gasteiger partial charge in [-0.25, -0.2) is 18.2 Å². The first-order valence-corrected chi connectivity index (χ1v) is 11.7. The predicted octanol–water partition coefficient (Wildman–Crippen LogP) is 5.27. The lowest BCUT2D eigenvalue weighted by Gasteiger charge is -2.13. The first kappa shape index (κ1) is 23.1. The maximum Gasteiger partial charge on any atom is 0.263 e. The predicted molar refractivity (Wildman–Crippen MR) is 125 cm³/mol. The molecular weight excluding hydrogens is 471 g/mol. The van der Waals surface area contributed by atoms with E-state index in [1.54, 1.807) is 0 Å². The molecule has 4 aromatic rings. The number of amides is 1. The first-order valence-electron chi connectivity index (χ1n) is 9.87. The number of rotatable bonds is 6. The van der Waals surface area contributed by atoms with E-state index in [2.05, 4.69) is 10.3 Å². The van der Waals surface area contributed by atoms with Gasteiger partial charge in [-0.2, -0.15) is 0 Å². The molecule has 0 bridgehead atoms. The molecule has 0 atom stereocenters. The van der Waals surface area contributed by atoms with Gasteiger partial charge in [-0.15, -0.1) is 11.3 Å². The average Bonchev–Trinajstić information content (AvgIpc) is 3.09. The van der Waals surface area contributed by atoms with Crippen molar-refractivity contribution in [3.63, 3.8) is 0 Å². The molecule has 0 aliphatic rings. The van der Waals surface area contributed by atoms with Crippen LogP contribution >= 0.6 is 23.1 Å². The Bertz CT molecular complexity index is 1420. The van der Waals surface area contributed by atoms with Crippen LogP contribution in [0.25, 0.3) is 10.2 Å². The molecule has 170 valence electrons. The minimum atomic E-state index is -1.66. The summed E-state index contributed by atoms with van der Waals surface area (Å²) in [5.74, 6) is -5.34. The standard InChI is InChI=1S/C23H18F3N3O2S2/c1-12-13(2)33-21-18(12)22(31)29(10-14-6-4-3-5-7-14)23(28-21)32-11-17(30)27-16-9-8-15(24)19(25)20(16)26/h3-9H,10-11H2,1-2H3,(H,27,30). The third-order valence-corrected chi connectivity index (χ3v) is 7.16. The zero-order chi connectivity index (χ0) is 23.7. The van der Waals surface area contributed by atoms with Gasteiger partial charge in [0.05, 0.1) is 23.4 Å². The third-order valence-electron chi connectivity index (χ3n) is 5.08. The molecule has 0 fully saturated rings. The number of aromatic nitrogens is 2. The van der Waals surface area contributed by atoms with E-state index in [4.69, 9.17) is 0 Å². The Balaban J connectivity index is 1.63. The van der Waals surface area contributed by atoms with Crippen molar-refractivity contribution in [3.05, 3.63) is 86.3 Å². The Kier molecular flexibility index (Phi) is 6.57. The van der Waals surface area contributed by atoms with Crippen LogP contribution in [0.4, 0.5) is 18.9 Å². The van der Waals surface area contributed by atoms with Gasteiger partial charge in [-0.3, -0.25) is 14.2 Å². The molecule has 10 heteroatoms. The molecule has 0 aliphatic heterocycles. The number of aryl methyl sites for hydroxylation is 2. The van der Waals surface area contributed by atoms with Crippen molar-refractivity contribution in [2.75, 3.05) is 11.1 Å². The van der Waals surface area contributed by atoms with Gasteiger partial charge in [0.15, 0.2) is 22.6 Å². The second-order valence-corrected chi connectivity index (χ2v) is 9.44. The number of nitrogens with one attached hydrogen (secondary N) is 1. The molecule has 0 unspecified atom stereocenters.